The van der Waals surface area contributed by atoms with Gasteiger partial charge in [-0.3, -0.25) is 14.9 Å². The van der Waals surface area contributed by atoms with Gasteiger partial charge in [0.2, 0.25) is 5.91 Å². The van der Waals surface area contributed by atoms with E-state index in [0.717, 1.165) is 5.69 Å². The Balaban J connectivity index is 1.76. The molecule has 1 aromatic carbocycles. The Morgan fingerprint density at radius 3 is 2.44 bits per heavy atom. The number of carbonyl (C=O) groups excluding carboxylic acids is 2. The second kappa shape index (κ2) is 11.2. The Morgan fingerprint density at radius 2 is 1.88 bits per heavy atom. The summed E-state index contributed by atoms with van der Waals surface area (Å²) in [6.07, 6.45) is 4.12. The molecule has 2 aromatic heterocycles. The average Bonchev–Trinajstić information content (AvgIpc) is 3.48. The van der Waals surface area contributed by atoms with Crippen molar-refractivity contribution in [3.63, 3.8) is 0 Å². The lowest BCUT2D eigenvalue weighted by atomic mass is 10.2. The van der Waals surface area contributed by atoms with Gasteiger partial charge in [0.05, 0.1) is 24.3 Å². The second-order valence-corrected chi connectivity index (χ2v) is 8.06. The fourth-order valence-electron chi connectivity index (χ4n) is 3.43. The van der Waals surface area contributed by atoms with Gasteiger partial charge in [-0.15, -0.1) is 0 Å². The highest BCUT2D eigenvalue weighted by molar-refractivity contribution is 5.92. The van der Waals surface area contributed by atoms with Crippen LogP contribution in [0.3, 0.4) is 0 Å². The summed E-state index contributed by atoms with van der Waals surface area (Å²) in [4.78, 5) is 39.9. The zero-order valence-corrected chi connectivity index (χ0v) is 19.5. The predicted octanol–water partition coefficient (Wildman–Crippen LogP) is 4.39. The zero-order valence-electron chi connectivity index (χ0n) is 19.5. The molecule has 34 heavy (non-hydrogen) atoms. The molecule has 3 aromatic rings. The molecule has 0 aliphatic rings. The van der Waals surface area contributed by atoms with Gasteiger partial charge >= 0.3 is 6.03 Å². The third-order valence-electron chi connectivity index (χ3n) is 5.70. The van der Waals surface area contributed by atoms with Crippen molar-refractivity contribution >= 4 is 23.3 Å². The van der Waals surface area contributed by atoms with E-state index in [1.54, 1.807) is 23.3 Å². The van der Waals surface area contributed by atoms with Gasteiger partial charge in [-0.2, -0.15) is 0 Å². The molecule has 0 radical (unpaired) electrons. The molecular formula is C24H29N5O5. The van der Waals surface area contributed by atoms with Crippen LogP contribution in [0.15, 0.2) is 65.4 Å². The Morgan fingerprint density at radius 1 is 1.15 bits per heavy atom. The third kappa shape index (κ3) is 6.25. The molecule has 180 valence electrons. The topological polar surface area (TPSA) is 114 Å². The molecule has 2 heterocycles. The first-order chi connectivity index (χ1) is 16.3. The number of anilines is 1. The molecule has 0 spiro atoms. The summed E-state index contributed by atoms with van der Waals surface area (Å²) in [7, 11) is 1.91. The summed E-state index contributed by atoms with van der Waals surface area (Å²) < 4.78 is 7.39. The van der Waals surface area contributed by atoms with Gasteiger partial charge in [0.1, 0.15) is 12.3 Å². The smallest absolute Gasteiger partial charge is 0.322 e. The number of non-ortho nitro benzene ring substituents is 1. The van der Waals surface area contributed by atoms with Gasteiger partial charge < -0.3 is 24.1 Å². The molecule has 0 aliphatic carbocycles. The Hall–Kier alpha value is -4.08. The number of furan rings is 1. The molecule has 0 fully saturated rings. The minimum atomic E-state index is -0.504. The highest BCUT2D eigenvalue weighted by Crippen LogP contribution is 2.18. The van der Waals surface area contributed by atoms with Crippen LogP contribution in [0.1, 0.15) is 31.7 Å². The fraction of sp³-hybridized carbons (Fsp3) is 0.333. The minimum Gasteiger partial charge on any atom is -0.467 e. The summed E-state index contributed by atoms with van der Waals surface area (Å²) >= 11 is 0. The van der Waals surface area contributed by atoms with Gasteiger partial charge in [-0.25, -0.2) is 4.79 Å². The number of amides is 3. The lowest BCUT2D eigenvalue weighted by Crippen LogP contribution is -2.48. The van der Waals surface area contributed by atoms with Crippen LogP contribution in [0.4, 0.5) is 16.2 Å². The van der Waals surface area contributed by atoms with E-state index in [1.807, 2.05) is 43.8 Å². The molecular weight excluding hydrogens is 438 g/mol. The molecule has 0 saturated carbocycles. The average molecular weight is 468 g/mol. The van der Waals surface area contributed by atoms with E-state index in [9.17, 15) is 19.7 Å². The van der Waals surface area contributed by atoms with Crippen LogP contribution in [-0.4, -0.2) is 43.8 Å². The monoisotopic (exact) mass is 467 g/mol. The lowest BCUT2D eigenvalue weighted by molar-refractivity contribution is -0.384. The van der Waals surface area contributed by atoms with Crippen molar-refractivity contribution in [2.75, 3.05) is 11.9 Å². The molecule has 10 heteroatoms. The van der Waals surface area contributed by atoms with Crippen LogP contribution in [0.2, 0.25) is 0 Å². The zero-order chi connectivity index (χ0) is 24.7. The van der Waals surface area contributed by atoms with Crippen molar-refractivity contribution in [3.05, 3.63) is 82.6 Å². The summed E-state index contributed by atoms with van der Waals surface area (Å²) in [5, 5.41) is 13.6. The van der Waals surface area contributed by atoms with Crippen molar-refractivity contribution in [3.8, 4) is 0 Å². The number of aryl methyl sites for hydroxylation is 1. The number of aromatic nitrogens is 1. The summed E-state index contributed by atoms with van der Waals surface area (Å²) in [6.45, 7) is 4.32. The fourth-order valence-corrected chi connectivity index (χ4v) is 3.43. The number of carbonyl (C=O) groups is 2. The number of hydrogen-bond donors (Lipinski definition) is 1. The maximum atomic E-state index is 13.4. The number of rotatable bonds is 10. The number of benzene rings is 1. The Kier molecular flexibility index (Phi) is 8.07. The highest BCUT2D eigenvalue weighted by Gasteiger charge is 2.26. The van der Waals surface area contributed by atoms with Crippen molar-refractivity contribution < 1.29 is 18.9 Å². The molecule has 1 N–H and O–H groups in total. The van der Waals surface area contributed by atoms with Crippen molar-refractivity contribution in [1.29, 1.82) is 0 Å². The van der Waals surface area contributed by atoms with Gasteiger partial charge in [-0.1, -0.05) is 6.92 Å². The number of nitrogens with zero attached hydrogens (tertiary/aromatic N) is 4. The molecule has 3 rings (SSSR count). The van der Waals surface area contributed by atoms with Gasteiger partial charge in [-0.05, 0) is 49.7 Å². The van der Waals surface area contributed by atoms with E-state index in [-0.39, 0.29) is 30.7 Å². The van der Waals surface area contributed by atoms with E-state index >= 15 is 0 Å². The maximum absolute atomic E-state index is 13.4. The van der Waals surface area contributed by atoms with Crippen LogP contribution >= 0.6 is 0 Å². The van der Waals surface area contributed by atoms with Crippen molar-refractivity contribution in [2.24, 2.45) is 7.05 Å². The van der Waals surface area contributed by atoms with Gasteiger partial charge in [0.25, 0.3) is 5.69 Å². The number of nitro groups is 1. The van der Waals surface area contributed by atoms with Crippen LogP contribution in [0, 0.1) is 10.1 Å². The molecule has 0 saturated heterocycles. The van der Waals surface area contributed by atoms with E-state index in [0.29, 0.717) is 24.4 Å². The molecule has 1 unspecified atom stereocenters. The van der Waals surface area contributed by atoms with Crippen LogP contribution in [-0.2, 0) is 24.9 Å². The first kappa shape index (κ1) is 24.6. The first-order valence-electron chi connectivity index (χ1n) is 11.0. The van der Waals surface area contributed by atoms with E-state index in [2.05, 4.69) is 5.32 Å². The van der Waals surface area contributed by atoms with Gasteiger partial charge in [0, 0.05) is 42.8 Å². The van der Waals surface area contributed by atoms with E-state index in [4.69, 9.17) is 4.42 Å². The number of urea groups is 1. The van der Waals surface area contributed by atoms with Crippen LogP contribution < -0.4 is 5.32 Å². The lowest BCUT2D eigenvalue weighted by Gasteiger charge is -2.31. The molecule has 3 amide bonds. The molecule has 1 atom stereocenters. The Bertz CT molecular complexity index is 1110. The largest absolute Gasteiger partial charge is 0.467 e. The molecule has 0 bridgehead atoms. The Labute approximate surface area is 197 Å². The number of nitro benzene ring substituents is 1. The summed E-state index contributed by atoms with van der Waals surface area (Å²) in [5.41, 5.74) is 1.29. The molecule has 10 nitrogen and oxygen atoms in total. The SMILES string of the molecule is CCC(C)N(CC(=O)N(Cc1ccco1)Cc1cccn1C)C(=O)Nc1ccc([N+](=O)[O-])cc1. The minimum absolute atomic E-state index is 0.0683. The van der Waals surface area contributed by atoms with Crippen molar-refractivity contribution in [2.45, 2.75) is 39.4 Å². The second-order valence-electron chi connectivity index (χ2n) is 8.06. The van der Waals surface area contributed by atoms with Crippen LogP contribution in [0.5, 0.6) is 0 Å². The summed E-state index contributed by atoms with van der Waals surface area (Å²) in [5.74, 6) is 0.421. The van der Waals surface area contributed by atoms with Crippen LogP contribution in [0.25, 0.3) is 0 Å². The summed E-state index contributed by atoms with van der Waals surface area (Å²) in [6, 6.07) is 12.3. The quantitative estimate of drug-likeness (QED) is 0.351. The third-order valence-corrected chi connectivity index (χ3v) is 5.70. The number of nitrogens with one attached hydrogen (secondary N) is 1. The van der Waals surface area contributed by atoms with Gasteiger partial charge in [0.15, 0.2) is 0 Å². The predicted molar refractivity (Wildman–Crippen MR) is 127 cm³/mol. The highest BCUT2D eigenvalue weighted by atomic mass is 16.6. The standard InChI is InChI=1S/C24H29N5O5/c1-4-18(2)28(24(31)25-19-9-11-20(12-10-19)29(32)33)17-23(30)27(16-22-8-6-14-34-22)15-21-7-5-13-26(21)3/h5-14,18H,4,15-17H2,1-3H3,(H,25,31). The normalized spacial score (nSPS) is 11.6. The maximum Gasteiger partial charge on any atom is 0.322 e. The molecule has 0 aliphatic heterocycles. The number of hydrogen-bond acceptors (Lipinski definition) is 5. The van der Waals surface area contributed by atoms with Crippen molar-refractivity contribution in [1.82, 2.24) is 14.4 Å². The van der Waals surface area contributed by atoms with E-state index < -0.39 is 11.0 Å². The first-order valence-corrected chi connectivity index (χ1v) is 11.0. The van der Waals surface area contributed by atoms with E-state index in [1.165, 1.54) is 29.2 Å².